The molecule has 0 aromatic heterocycles. The molecular weight excluding hydrogens is 258 g/mol. The number of hydrogen-bond acceptors (Lipinski definition) is 1. The average molecular weight is 281 g/mol. The molecule has 0 aliphatic rings. The molecule has 2 rings (SSSR count). The summed E-state index contributed by atoms with van der Waals surface area (Å²) in [6.07, 6.45) is 1.34. The second-order valence-corrected chi connectivity index (χ2v) is 5.62. The summed E-state index contributed by atoms with van der Waals surface area (Å²) in [6.45, 7) is 8.26. The first kappa shape index (κ1) is 15.3. The van der Waals surface area contributed by atoms with Crippen LogP contribution in [0.1, 0.15) is 34.7 Å². The fraction of sp³-hybridized carbons (Fsp3) is 0.316. The Morgan fingerprint density at radius 1 is 1.00 bits per heavy atom. The van der Waals surface area contributed by atoms with Gasteiger partial charge in [0.2, 0.25) is 5.91 Å². The molecule has 0 unspecified atom stereocenters. The van der Waals surface area contributed by atoms with Crippen LogP contribution in [0.3, 0.4) is 0 Å². The molecule has 0 radical (unpaired) electrons. The zero-order chi connectivity index (χ0) is 15.4. The van der Waals surface area contributed by atoms with Gasteiger partial charge in [0.25, 0.3) is 0 Å². The highest BCUT2D eigenvalue weighted by molar-refractivity contribution is 5.94. The lowest BCUT2D eigenvalue weighted by Gasteiger charge is -2.13. The van der Waals surface area contributed by atoms with Gasteiger partial charge in [-0.2, -0.15) is 0 Å². The predicted molar refractivity (Wildman–Crippen MR) is 88.8 cm³/mol. The van der Waals surface area contributed by atoms with Gasteiger partial charge in [-0.1, -0.05) is 48.9 Å². The van der Waals surface area contributed by atoms with E-state index in [2.05, 4.69) is 44.3 Å². The third-order valence-electron chi connectivity index (χ3n) is 3.85. The normalized spacial score (nSPS) is 10.5. The third kappa shape index (κ3) is 3.72. The molecule has 2 aromatic rings. The molecule has 0 fully saturated rings. The van der Waals surface area contributed by atoms with Crippen molar-refractivity contribution in [2.45, 2.75) is 40.5 Å². The van der Waals surface area contributed by atoms with E-state index in [1.165, 1.54) is 16.7 Å². The van der Waals surface area contributed by atoms with E-state index in [0.29, 0.717) is 6.42 Å². The van der Waals surface area contributed by atoms with Crippen LogP contribution in [0.25, 0.3) is 0 Å². The standard InChI is InChI=1S/C19H23NO/c1-5-16-8-6-7-14(3)19(16)20-18(21)12-17-10-9-13(2)11-15(17)4/h6-11H,5,12H2,1-4H3,(H,20,21). The predicted octanol–water partition coefficient (Wildman–Crippen LogP) is 4.36. The summed E-state index contributed by atoms with van der Waals surface area (Å²) in [5.74, 6) is 0.0472. The Morgan fingerprint density at radius 3 is 2.43 bits per heavy atom. The molecule has 1 amide bonds. The number of rotatable bonds is 4. The van der Waals surface area contributed by atoms with Crippen LogP contribution in [0.2, 0.25) is 0 Å². The Labute approximate surface area is 127 Å². The molecule has 0 saturated carbocycles. The number of hydrogen-bond donors (Lipinski definition) is 1. The third-order valence-corrected chi connectivity index (χ3v) is 3.85. The van der Waals surface area contributed by atoms with Crippen molar-refractivity contribution in [3.63, 3.8) is 0 Å². The monoisotopic (exact) mass is 281 g/mol. The van der Waals surface area contributed by atoms with Crippen molar-refractivity contribution < 1.29 is 4.79 Å². The molecule has 21 heavy (non-hydrogen) atoms. The van der Waals surface area contributed by atoms with Crippen LogP contribution >= 0.6 is 0 Å². The van der Waals surface area contributed by atoms with Gasteiger partial charge in [0.15, 0.2) is 0 Å². The van der Waals surface area contributed by atoms with Gasteiger partial charge < -0.3 is 5.32 Å². The van der Waals surface area contributed by atoms with Crippen molar-refractivity contribution in [3.8, 4) is 0 Å². The Balaban J connectivity index is 2.15. The van der Waals surface area contributed by atoms with Gasteiger partial charge >= 0.3 is 0 Å². The van der Waals surface area contributed by atoms with E-state index in [1.54, 1.807) is 0 Å². The van der Waals surface area contributed by atoms with E-state index in [9.17, 15) is 4.79 Å². The van der Waals surface area contributed by atoms with E-state index in [4.69, 9.17) is 0 Å². The number of para-hydroxylation sites is 1. The van der Waals surface area contributed by atoms with Gasteiger partial charge in [-0.05, 0) is 49.4 Å². The summed E-state index contributed by atoms with van der Waals surface area (Å²) >= 11 is 0. The Kier molecular flexibility index (Phi) is 4.79. The van der Waals surface area contributed by atoms with E-state index in [1.807, 2.05) is 25.1 Å². The number of anilines is 1. The summed E-state index contributed by atoms with van der Waals surface area (Å²) < 4.78 is 0. The van der Waals surface area contributed by atoms with Crippen LogP contribution in [0.5, 0.6) is 0 Å². The molecule has 110 valence electrons. The van der Waals surface area contributed by atoms with Gasteiger partial charge in [-0.3, -0.25) is 4.79 Å². The highest BCUT2D eigenvalue weighted by Gasteiger charge is 2.10. The van der Waals surface area contributed by atoms with Crippen molar-refractivity contribution in [2.75, 3.05) is 5.32 Å². The van der Waals surface area contributed by atoms with E-state index < -0.39 is 0 Å². The molecule has 0 atom stereocenters. The molecule has 0 saturated heterocycles. The first-order valence-electron chi connectivity index (χ1n) is 7.45. The summed E-state index contributed by atoms with van der Waals surface area (Å²) in [5.41, 5.74) is 6.75. The van der Waals surface area contributed by atoms with Crippen molar-refractivity contribution in [1.29, 1.82) is 0 Å². The van der Waals surface area contributed by atoms with Gasteiger partial charge in [0, 0.05) is 5.69 Å². The van der Waals surface area contributed by atoms with Crippen molar-refractivity contribution in [1.82, 2.24) is 0 Å². The molecule has 2 nitrogen and oxygen atoms in total. The number of nitrogens with one attached hydrogen (secondary N) is 1. The van der Waals surface area contributed by atoms with Gasteiger partial charge in [-0.15, -0.1) is 0 Å². The van der Waals surface area contributed by atoms with Crippen LogP contribution in [-0.2, 0) is 17.6 Å². The molecule has 0 bridgehead atoms. The van der Waals surface area contributed by atoms with Crippen LogP contribution in [-0.4, -0.2) is 5.91 Å². The van der Waals surface area contributed by atoms with Crippen LogP contribution in [0.4, 0.5) is 5.69 Å². The van der Waals surface area contributed by atoms with Crippen LogP contribution in [0.15, 0.2) is 36.4 Å². The minimum atomic E-state index is 0.0472. The highest BCUT2D eigenvalue weighted by Crippen LogP contribution is 2.21. The number of carbonyl (C=O) groups excluding carboxylic acids is 1. The highest BCUT2D eigenvalue weighted by atomic mass is 16.1. The summed E-state index contributed by atoms with van der Waals surface area (Å²) in [6, 6.07) is 12.4. The summed E-state index contributed by atoms with van der Waals surface area (Å²) in [4.78, 5) is 12.3. The fourth-order valence-corrected chi connectivity index (χ4v) is 2.60. The maximum absolute atomic E-state index is 12.3. The van der Waals surface area contributed by atoms with Crippen molar-refractivity contribution >= 4 is 11.6 Å². The fourth-order valence-electron chi connectivity index (χ4n) is 2.60. The smallest absolute Gasteiger partial charge is 0.228 e. The Bertz CT molecular complexity index is 659. The quantitative estimate of drug-likeness (QED) is 0.886. The Morgan fingerprint density at radius 2 is 1.76 bits per heavy atom. The number of amides is 1. The first-order valence-corrected chi connectivity index (χ1v) is 7.45. The zero-order valence-corrected chi connectivity index (χ0v) is 13.3. The maximum atomic E-state index is 12.3. The van der Waals surface area contributed by atoms with Crippen LogP contribution < -0.4 is 5.32 Å². The number of benzene rings is 2. The minimum absolute atomic E-state index is 0.0472. The Hall–Kier alpha value is -2.09. The number of aryl methyl sites for hydroxylation is 4. The van der Waals surface area contributed by atoms with Gasteiger partial charge in [0.05, 0.1) is 6.42 Å². The summed E-state index contributed by atoms with van der Waals surface area (Å²) in [7, 11) is 0. The van der Waals surface area contributed by atoms with E-state index in [0.717, 1.165) is 23.2 Å². The van der Waals surface area contributed by atoms with Gasteiger partial charge in [-0.25, -0.2) is 0 Å². The largest absolute Gasteiger partial charge is 0.325 e. The molecule has 0 aliphatic heterocycles. The molecule has 2 heteroatoms. The molecule has 0 spiro atoms. The topological polar surface area (TPSA) is 29.1 Å². The SMILES string of the molecule is CCc1cccc(C)c1NC(=O)Cc1ccc(C)cc1C. The second-order valence-electron chi connectivity index (χ2n) is 5.62. The number of carbonyl (C=O) groups is 1. The lowest BCUT2D eigenvalue weighted by atomic mass is 10.0. The zero-order valence-electron chi connectivity index (χ0n) is 13.3. The molecule has 1 N–H and O–H groups in total. The molecular formula is C19H23NO. The lowest BCUT2D eigenvalue weighted by Crippen LogP contribution is -2.17. The lowest BCUT2D eigenvalue weighted by molar-refractivity contribution is -0.115. The first-order chi connectivity index (χ1) is 10.0. The van der Waals surface area contributed by atoms with Crippen molar-refractivity contribution in [2.24, 2.45) is 0 Å². The van der Waals surface area contributed by atoms with E-state index >= 15 is 0 Å². The second kappa shape index (κ2) is 6.57. The molecule has 0 heterocycles. The van der Waals surface area contributed by atoms with Gasteiger partial charge in [0.1, 0.15) is 0 Å². The minimum Gasteiger partial charge on any atom is -0.325 e. The van der Waals surface area contributed by atoms with Crippen LogP contribution in [0, 0.1) is 20.8 Å². The average Bonchev–Trinajstić information content (AvgIpc) is 2.44. The van der Waals surface area contributed by atoms with Crippen molar-refractivity contribution in [3.05, 3.63) is 64.2 Å². The molecule has 2 aromatic carbocycles. The molecule has 0 aliphatic carbocycles. The summed E-state index contributed by atoms with van der Waals surface area (Å²) in [5, 5.41) is 3.08. The van der Waals surface area contributed by atoms with E-state index in [-0.39, 0.29) is 5.91 Å². The maximum Gasteiger partial charge on any atom is 0.228 e.